The highest BCUT2D eigenvalue weighted by Crippen LogP contribution is 2.34. The molecule has 0 spiro atoms. The molecule has 1 aliphatic heterocycles. The zero-order chi connectivity index (χ0) is 20.1. The van der Waals surface area contributed by atoms with Gasteiger partial charge in [-0.2, -0.15) is 9.61 Å². The lowest BCUT2D eigenvalue weighted by atomic mass is 10.1. The summed E-state index contributed by atoms with van der Waals surface area (Å²) in [6.45, 7) is 4.10. The molecular formula is C23H20N6O. The van der Waals surface area contributed by atoms with Crippen molar-refractivity contribution in [1.29, 1.82) is 0 Å². The lowest BCUT2D eigenvalue weighted by Gasteiger charge is -2.17. The van der Waals surface area contributed by atoms with E-state index in [4.69, 9.17) is 4.52 Å². The van der Waals surface area contributed by atoms with Crippen molar-refractivity contribution in [3.05, 3.63) is 60.5 Å². The molecule has 148 valence electrons. The van der Waals surface area contributed by atoms with E-state index in [0.717, 1.165) is 46.3 Å². The zero-order valence-corrected chi connectivity index (χ0v) is 16.6. The first-order chi connectivity index (χ1) is 14.8. The molecule has 0 amide bonds. The van der Waals surface area contributed by atoms with Crippen LogP contribution in [0.3, 0.4) is 0 Å². The van der Waals surface area contributed by atoms with Gasteiger partial charge >= 0.3 is 0 Å². The quantitative estimate of drug-likeness (QED) is 0.447. The molecule has 4 heterocycles. The molecule has 1 fully saturated rings. The molecule has 1 saturated heterocycles. The summed E-state index contributed by atoms with van der Waals surface area (Å²) < 4.78 is 7.33. The van der Waals surface area contributed by atoms with Crippen molar-refractivity contribution in [3.63, 3.8) is 0 Å². The number of rotatable bonds is 3. The molecule has 5 aromatic rings. The lowest BCUT2D eigenvalue weighted by molar-refractivity contribution is 0.400. The Bertz CT molecular complexity index is 1370. The Balaban J connectivity index is 1.55. The van der Waals surface area contributed by atoms with Crippen LogP contribution in [0, 0.1) is 6.92 Å². The minimum atomic E-state index is 0.635. The number of aromatic nitrogens is 5. The highest BCUT2D eigenvalue weighted by atomic mass is 16.5. The third-order valence-electron chi connectivity index (χ3n) is 5.84. The second kappa shape index (κ2) is 6.66. The number of benzene rings is 2. The standard InChI is InChI=1S/C23H20N6O/c1-15-20(21(27-30-15)16-7-3-2-4-8-16)23-26-25-22-19-13-18(28-11-5-6-12-28)10-9-17(19)14-24-29(22)23/h2-4,7-10,13-14H,5-6,11-12H2,1H3. The van der Waals surface area contributed by atoms with Crippen LogP contribution >= 0.6 is 0 Å². The first kappa shape index (κ1) is 17.1. The number of hydrogen-bond acceptors (Lipinski definition) is 6. The maximum absolute atomic E-state index is 5.53. The smallest absolute Gasteiger partial charge is 0.191 e. The molecule has 0 aliphatic carbocycles. The van der Waals surface area contributed by atoms with Gasteiger partial charge in [0, 0.05) is 35.1 Å². The highest BCUT2D eigenvalue weighted by Gasteiger charge is 2.23. The van der Waals surface area contributed by atoms with E-state index in [0.29, 0.717) is 11.6 Å². The molecule has 0 atom stereocenters. The van der Waals surface area contributed by atoms with Crippen molar-refractivity contribution in [2.75, 3.05) is 18.0 Å². The molecule has 3 aromatic heterocycles. The maximum atomic E-state index is 5.53. The second-order valence-corrected chi connectivity index (χ2v) is 7.70. The summed E-state index contributed by atoms with van der Waals surface area (Å²) in [6.07, 6.45) is 4.36. The largest absolute Gasteiger partial charge is 0.372 e. The Morgan fingerprint density at radius 2 is 1.80 bits per heavy atom. The predicted octanol–water partition coefficient (Wildman–Crippen LogP) is 4.51. The third kappa shape index (κ3) is 2.58. The molecule has 0 bridgehead atoms. The van der Waals surface area contributed by atoms with Gasteiger partial charge in [0.25, 0.3) is 0 Å². The fourth-order valence-electron chi connectivity index (χ4n) is 4.28. The summed E-state index contributed by atoms with van der Waals surface area (Å²) in [7, 11) is 0. The van der Waals surface area contributed by atoms with Crippen LogP contribution in [0.2, 0.25) is 0 Å². The normalized spacial score (nSPS) is 14.2. The summed E-state index contributed by atoms with van der Waals surface area (Å²) >= 11 is 0. The average molecular weight is 396 g/mol. The van der Waals surface area contributed by atoms with Gasteiger partial charge in [-0.05, 0) is 31.9 Å². The predicted molar refractivity (Wildman–Crippen MR) is 115 cm³/mol. The van der Waals surface area contributed by atoms with E-state index < -0.39 is 0 Å². The average Bonchev–Trinajstić information content (AvgIpc) is 3.53. The number of aryl methyl sites for hydroxylation is 1. The van der Waals surface area contributed by atoms with E-state index in [1.165, 1.54) is 18.5 Å². The molecular weight excluding hydrogens is 376 g/mol. The van der Waals surface area contributed by atoms with E-state index in [-0.39, 0.29) is 0 Å². The minimum absolute atomic E-state index is 0.635. The Morgan fingerprint density at radius 3 is 2.63 bits per heavy atom. The van der Waals surface area contributed by atoms with Crippen LogP contribution in [0.15, 0.2) is 59.3 Å². The van der Waals surface area contributed by atoms with Crippen molar-refractivity contribution in [2.24, 2.45) is 0 Å². The van der Waals surface area contributed by atoms with Crippen LogP contribution in [0.1, 0.15) is 18.6 Å². The second-order valence-electron chi connectivity index (χ2n) is 7.70. The molecule has 6 rings (SSSR count). The third-order valence-corrected chi connectivity index (χ3v) is 5.84. The van der Waals surface area contributed by atoms with Gasteiger partial charge in [-0.25, -0.2) is 0 Å². The van der Waals surface area contributed by atoms with Gasteiger partial charge in [0.2, 0.25) is 0 Å². The lowest BCUT2D eigenvalue weighted by Crippen LogP contribution is -2.17. The van der Waals surface area contributed by atoms with Crippen molar-refractivity contribution < 1.29 is 4.52 Å². The minimum Gasteiger partial charge on any atom is -0.372 e. The van der Waals surface area contributed by atoms with Crippen molar-refractivity contribution in [3.8, 4) is 22.6 Å². The van der Waals surface area contributed by atoms with Crippen LogP contribution in [-0.2, 0) is 0 Å². The first-order valence-corrected chi connectivity index (χ1v) is 10.2. The molecule has 30 heavy (non-hydrogen) atoms. The molecule has 7 nitrogen and oxygen atoms in total. The monoisotopic (exact) mass is 396 g/mol. The molecule has 2 aromatic carbocycles. The van der Waals surface area contributed by atoms with Gasteiger partial charge in [-0.3, -0.25) is 0 Å². The molecule has 1 aliphatic rings. The van der Waals surface area contributed by atoms with Crippen molar-refractivity contribution in [1.82, 2.24) is 25.0 Å². The summed E-state index contributed by atoms with van der Waals surface area (Å²) in [5, 5.41) is 20.0. The molecule has 0 unspecified atom stereocenters. The zero-order valence-electron chi connectivity index (χ0n) is 16.6. The molecule has 0 radical (unpaired) electrons. The van der Waals surface area contributed by atoms with Gasteiger partial charge in [-0.1, -0.05) is 41.6 Å². The Hall–Kier alpha value is -3.74. The molecule has 0 N–H and O–H groups in total. The fourth-order valence-corrected chi connectivity index (χ4v) is 4.28. The van der Waals surface area contributed by atoms with E-state index in [2.05, 4.69) is 43.6 Å². The van der Waals surface area contributed by atoms with Crippen molar-refractivity contribution >= 4 is 22.1 Å². The van der Waals surface area contributed by atoms with Crippen LogP contribution in [-0.4, -0.2) is 38.1 Å². The van der Waals surface area contributed by atoms with Crippen molar-refractivity contribution in [2.45, 2.75) is 19.8 Å². The Labute approximate surface area is 172 Å². The van der Waals surface area contributed by atoms with Crippen LogP contribution < -0.4 is 4.90 Å². The molecule has 0 saturated carbocycles. The van der Waals surface area contributed by atoms with Gasteiger partial charge in [0.05, 0.1) is 11.8 Å². The summed E-state index contributed by atoms with van der Waals surface area (Å²) in [5.41, 5.74) is 4.50. The van der Waals surface area contributed by atoms with Crippen LogP contribution in [0.5, 0.6) is 0 Å². The van der Waals surface area contributed by atoms with E-state index in [1.807, 2.05) is 43.5 Å². The number of hydrogen-bond donors (Lipinski definition) is 0. The number of anilines is 1. The highest BCUT2D eigenvalue weighted by molar-refractivity contribution is 5.96. The van der Waals surface area contributed by atoms with E-state index in [9.17, 15) is 0 Å². The summed E-state index contributed by atoms with van der Waals surface area (Å²) in [4.78, 5) is 2.42. The van der Waals surface area contributed by atoms with Gasteiger partial charge in [-0.15, -0.1) is 10.2 Å². The maximum Gasteiger partial charge on any atom is 0.191 e. The number of fused-ring (bicyclic) bond motifs is 3. The van der Waals surface area contributed by atoms with Gasteiger partial charge < -0.3 is 9.42 Å². The topological polar surface area (TPSA) is 72.3 Å². The Kier molecular flexibility index (Phi) is 3.80. The van der Waals surface area contributed by atoms with Gasteiger partial charge in [0.1, 0.15) is 11.5 Å². The van der Waals surface area contributed by atoms with E-state index >= 15 is 0 Å². The summed E-state index contributed by atoms with van der Waals surface area (Å²) in [5.74, 6) is 1.33. The molecule has 7 heteroatoms. The number of nitrogens with zero attached hydrogens (tertiary/aromatic N) is 6. The first-order valence-electron chi connectivity index (χ1n) is 10.2. The van der Waals surface area contributed by atoms with E-state index in [1.54, 1.807) is 4.52 Å². The van der Waals surface area contributed by atoms with Gasteiger partial charge in [0.15, 0.2) is 11.5 Å². The van der Waals surface area contributed by atoms with Crippen LogP contribution in [0.25, 0.3) is 39.1 Å². The fraction of sp³-hybridized carbons (Fsp3) is 0.217. The summed E-state index contributed by atoms with van der Waals surface area (Å²) in [6, 6.07) is 16.5. The SMILES string of the molecule is Cc1onc(-c2ccccc2)c1-c1nnc2c3cc(N4CCCC4)ccc3cnn12. The Morgan fingerprint density at radius 1 is 0.967 bits per heavy atom. The van der Waals surface area contributed by atoms with Crippen LogP contribution in [0.4, 0.5) is 5.69 Å².